The van der Waals surface area contributed by atoms with Gasteiger partial charge < -0.3 is 10.1 Å². The molecule has 0 aliphatic carbocycles. The van der Waals surface area contributed by atoms with Crippen molar-refractivity contribution in [2.45, 2.75) is 26.2 Å². The summed E-state index contributed by atoms with van der Waals surface area (Å²) in [6.07, 6.45) is 0.980. The van der Waals surface area contributed by atoms with Crippen LogP contribution in [0.3, 0.4) is 0 Å². The molecule has 0 aliphatic rings. The number of nitrogens with zero attached hydrogens (tertiary/aromatic N) is 1. The van der Waals surface area contributed by atoms with Gasteiger partial charge in [-0.05, 0) is 25.8 Å². The predicted octanol–water partition coefficient (Wildman–Crippen LogP) is 3.32. The Morgan fingerprint density at radius 1 is 1.24 bits per heavy atom. The van der Waals surface area contributed by atoms with Crippen LogP contribution in [-0.2, 0) is 11.2 Å². The lowest BCUT2D eigenvalue weighted by Crippen LogP contribution is -2.26. The normalized spacial score (nSPS) is 12.5. The number of aromatic nitrogens is 1. The highest BCUT2D eigenvalue weighted by Crippen LogP contribution is 2.22. The molecule has 2 aromatic rings. The van der Waals surface area contributed by atoms with E-state index in [0.29, 0.717) is 5.92 Å². The van der Waals surface area contributed by atoms with Gasteiger partial charge in [0.05, 0.1) is 17.3 Å². The number of aryl methyl sites for hydroxylation is 2. The minimum atomic E-state index is 0.448. The van der Waals surface area contributed by atoms with Crippen LogP contribution in [-0.4, -0.2) is 31.8 Å². The summed E-state index contributed by atoms with van der Waals surface area (Å²) in [5.41, 5.74) is 3.86. The first-order valence-corrected chi connectivity index (χ1v) is 8.24. The second kappa shape index (κ2) is 8.27. The Kier molecular flexibility index (Phi) is 6.36. The highest BCUT2D eigenvalue weighted by atomic mass is 32.1. The molecular weight excluding hydrogens is 280 g/mol. The summed E-state index contributed by atoms with van der Waals surface area (Å²) in [5, 5.41) is 6.79. The van der Waals surface area contributed by atoms with Crippen LogP contribution in [0.15, 0.2) is 29.6 Å². The van der Waals surface area contributed by atoms with E-state index in [9.17, 15) is 0 Å². The molecule has 0 spiro atoms. The molecule has 21 heavy (non-hydrogen) atoms. The van der Waals surface area contributed by atoms with Crippen molar-refractivity contribution in [3.8, 4) is 0 Å². The molecule has 2 rings (SSSR count). The second-order valence-corrected chi connectivity index (χ2v) is 6.43. The van der Waals surface area contributed by atoms with Gasteiger partial charge in [0, 0.05) is 31.5 Å². The van der Waals surface area contributed by atoms with Crippen molar-refractivity contribution in [1.29, 1.82) is 0 Å². The Morgan fingerprint density at radius 3 is 2.62 bits per heavy atom. The van der Waals surface area contributed by atoms with E-state index in [4.69, 9.17) is 4.74 Å². The summed E-state index contributed by atoms with van der Waals surface area (Å²) >= 11 is 1.72. The summed E-state index contributed by atoms with van der Waals surface area (Å²) < 4.78 is 5.09. The van der Waals surface area contributed by atoms with Crippen molar-refractivity contribution in [3.05, 3.63) is 51.5 Å². The Hall–Kier alpha value is -1.23. The molecule has 3 nitrogen and oxygen atoms in total. The number of hydrogen-bond donors (Lipinski definition) is 1. The monoisotopic (exact) mass is 304 g/mol. The van der Waals surface area contributed by atoms with Crippen LogP contribution in [0.5, 0.6) is 0 Å². The van der Waals surface area contributed by atoms with E-state index >= 15 is 0 Å². The summed E-state index contributed by atoms with van der Waals surface area (Å²) in [5.74, 6) is 0.448. The summed E-state index contributed by atoms with van der Waals surface area (Å²) in [6.45, 7) is 6.76. The third kappa shape index (κ3) is 5.23. The molecule has 1 unspecified atom stereocenters. The van der Waals surface area contributed by atoms with Crippen molar-refractivity contribution in [2.24, 2.45) is 0 Å². The number of hydrogen-bond acceptors (Lipinski definition) is 4. The molecule has 0 aliphatic heterocycles. The van der Waals surface area contributed by atoms with Crippen molar-refractivity contribution >= 4 is 11.3 Å². The zero-order chi connectivity index (χ0) is 15.1. The number of ether oxygens (including phenoxy) is 1. The van der Waals surface area contributed by atoms with Gasteiger partial charge in [-0.2, -0.15) is 0 Å². The number of thiazole rings is 1. The Labute approximate surface area is 131 Å². The SMILES string of the molecule is COCCNCC(Cc1csc(C)n1)c1ccc(C)cc1. The van der Waals surface area contributed by atoms with Gasteiger partial charge in [0.2, 0.25) is 0 Å². The maximum absolute atomic E-state index is 5.09. The minimum absolute atomic E-state index is 0.448. The van der Waals surface area contributed by atoms with Crippen LogP contribution in [0, 0.1) is 13.8 Å². The molecule has 0 bridgehead atoms. The molecule has 4 heteroatoms. The highest BCUT2D eigenvalue weighted by Gasteiger charge is 2.13. The van der Waals surface area contributed by atoms with Gasteiger partial charge in [-0.25, -0.2) is 4.98 Å². The standard InChI is InChI=1S/C17H24N2OS/c1-13-4-6-15(7-5-13)16(11-18-8-9-20-3)10-17-12-21-14(2)19-17/h4-7,12,16,18H,8-11H2,1-3H3. The molecule has 1 aromatic carbocycles. The largest absolute Gasteiger partial charge is 0.383 e. The molecule has 0 radical (unpaired) electrons. The maximum atomic E-state index is 5.09. The first kappa shape index (κ1) is 16.1. The second-order valence-electron chi connectivity index (χ2n) is 5.37. The molecular formula is C17H24N2OS. The molecule has 0 fully saturated rings. The van der Waals surface area contributed by atoms with Crippen molar-refractivity contribution in [2.75, 3.05) is 26.8 Å². The van der Waals surface area contributed by atoms with E-state index in [1.54, 1.807) is 18.4 Å². The lowest BCUT2D eigenvalue weighted by Gasteiger charge is -2.17. The molecule has 1 atom stereocenters. The minimum Gasteiger partial charge on any atom is -0.383 e. The van der Waals surface area contributed by atoms with E-state index in [0.717, 1.165) is 31.1 Å². The number of nitrogens with one attached hydrogen (secondary N) is 1. The Balaban J connectivity index is 2.04. The van der Waals surface area contributed by atoms with E-state index < -0.39 is 0 Å². The molecule has 1 heterocycles. The summed E-state index contributed by atoms with van der Waals surface area (Å²) in [7, 11) is 1.73. The average Bonchev–Trinajstić information content (AvgIpc) is 2.88. The topological polar surface area (TPSA) is 34.1 Å². The highest BCUT2D eigenvalue weighted by molar-refractivity contribution is 7.09. The van der Waals surface area contributed by atoms with Crippen LogP contribution in [0.1, 0.15) is 27.7 Å². The lowest BCUT2D eigenvalue weighted by molar-refractivity contribution is 0.199. The Morgan fingerprint density at radius 2 is 2.00 bits per heavy atom. The molecule has 0 saturated heterocycles. The number of benzene rings is 1. The van der Waals surface area contributed by atoms with Gasteiger partial charge in [-0.1, -0.05) is 29.8 Å². The van der Waals surface area contributed by atoms with Crippen LogP contribution < -0.4 is 5.32 Å². The van der Waals surface area contributed by atoms with Gasteiger partial charge in [0.25, 0.3) is 0 Å². The maximum Gasteiger partial charge on any atom is 0.0897 e. The van der Waals surface area contributed by atoms with Crippen molar-refractivity contribution in [1.82, 2.24) is 10.3 Å². The summed E-state index contributed by atoms with van der Waals surface area (Å²) in [6, 6.07) is 8.84. The third-order valence-electron chi connectivity index (χ3n) is 3.54. The Bertz CT molecular complexity index is 536. The van der Waals surface area contributed by atoms with Crippen molar-refractivity contribution < 1.29 is 4.74 Å². The quantitative estimate of drug-likeness (QED) is 0.760. The zero-order valence-corrected chi connectivity index (χ0v) is 13.9. The summed E-state index contributed by atoms with van der Waals surface area (Å²) in [4.78, 5) is 4.60. The first-order chi connectivity index (χ1) is 10.2. The molecule has 0 amide bonds. The molecule has 1 N–H and O–H groups in total. The molecule has 0 saturated carbocycles. The van der Waals surface area contributed by atoms with Crippen LogP contribution in [0.2, 0.25) is 0 Å². The number of rotatable bonds is 8. The van der Waals surface area contributed by atoms with E-state index in [-0.39, 0.29) is 0 Å². The van der Waals surface area contributed by atoms with E-state index in [1.165, 1.54) is 16.8 Å². The zero-order valence-electron chi connectivity index (χ0n) is 13.1. The lowest BCUT2D eigenvalue weighted by atomic mass is 9.93. The van der Waals surface area contributed by atoms with Gasteiger partial charge in [0.15, 0.2) is 0 Å². The fourth-order valence-electron chi connectivity index (χ4n) is 2.35. The van der Waals surface area contributed by atoms with E-state index in [1.807, 2.05) is 0 Å². The van der Waals surface area contributed by atoms with Crippen molar-refractivity contribution in [3.63, 3.8) is 0 Å². The molecule has 114 valence electrons. The first-order valence-electron chi connectivity index (χ1n) is 7.36. The third-order valence-corrected chi connectivity index (χ3v) is 4.37. The fourth-order valence-corrected chi connectivity index (χ4v) is 2.98. The van der Waals surface area contributed by atoms with Gasteiger partial charge in [0.1, 0.15) is 0 Å². The molecule has 1 aromatic heterocycles. The average molecular weight is 304 g/mol. The van der Waals surface area contributed by atoms with Crippen LogP contribution in [0.25, 0.3) is 0 Å². The smallest absolute Gasteiger partial charge is 0.0897 e. The number of methoxy groups -OCH3 is 1. The van der Waals surface area contributed by atoms with Gasteiger partial charge in [-0.3, -0.25) is 0 Å². The van der Waals surface area contributed by atoms with Crippen LogP contribution >= 0.6 is 11.3 Å². The van der Waals surface area contributed by atoms with Gasteiger partial charge >= 0.3 is 0 Å². The van der Waals surface area contributed by atoms with Gasteiger partial charge in [-0.15, -0.1) is 11.3 Å². The van der Waals surface area contributed by atoms with Crippen LogP contribution in [0.4, 0.5) is 0 Å². The van der Waals surface area contributed by atoms with E-state index in [2.05, 4.69) is 53.8 Å². The fraction of sp³-hybridized carbons (Fsp3) is 0.471. The predicted molar refractivity (Wildman–Crippen MR) is 89.2 cm³/mol.